The van der Waals surface area contributed by atoms with Crippen LogP contribution in [-0.4, -0.2) is 31.0 Å². The predicted octanol–water partition coefficient (Wildman–Crippen LogP) is 0.484. The van der Waals surface area contributed by atoms with Crippen molar-refractivity contribution in [2.45, 2.75) is 18.9 Å². The van der Waals surface area contributed by atoms with Crippen LogP contribution in [0.3, 0.4) is 0 Å². The molecule has 3 rings (SSSR count). The second kappa shape index (κ2) is 3.86. The van der Waals surface area contributed by atoms with Crippen molar-refractivity contribution < 1.29 is 0 Å². The fourth-order valence-corrected chi connectivity index (χ4v) is 2.56. The van der Waals surface area contributed by atoms with Gasteiger partial charge in [-0.2, -0.15) is 0 Å². The van der Waals surface area contributed by atoms with Crippen LogP contribution >= 0.6 is 0 Å². The molecule has 0 bridgehead atoms. The number of nitrogens with zero attached hydrogens (tertiary/aromatic N) is 3. The Morgan fingerprint density at radius 3 is 2.72 bits per heavy atom. The van der Waals surface area contributed by atoms with Crippen LogP contribution in [0.4, 0.5) is 11.4 Å². The molecule has 0 spiro atoms. The van der Waals surface area contributed by atoms with Crippen molar-refractivity contribution in [3.8, 4) is 0 Å². The van der Waals surface area contributed by atoms with Gasteiger partial charge in [-0.3, -0.25) is 5.43 Å². The quantitative estimate of drug-likeness (QED) is 0.753. The normalized spacial score (nSPS) is 21.4. The van der Waals surface area contributed by atoms with Crippen LogP contribution in [0.5, 0.6) is 0 Å². The van der Waals surface area contributed by atoms with Gasteiger partial charge in [0, 0.05) is 6.04 Å². The largest absolute Gasteiger partial charge is 0.739 e. The van der Waals surface area contributed by atoms with E-state index in [9.17, 15) is 5.21 Å². The fraction of sp³-hybridized carbons (Fsp3) is 0.417. The summed E-state index contributed by atoms with van der Waals surface area (Å²) in [7, 11) is 4.15. The van der Waals surface area contributed by atoms with Crippen molar-refractivity contribution in [1.82, 2.24) is 10.3 Å². The van der Waals surface area contributed by atoms with Crippen LogP contribution in [0.25, 0.3) is 0 Å². The SMILES string of the molecule is CN(C)C1Cc2cc3c(cc2C1)N([O-])NC(N)=N3. The predicted molar refractivity (Wildman–Crippen MR) is 71.6 cm³/mol. The smallest absolute Gasteiger partial charge is 0.212 e. The lowest BCUT2D eigenvalue weighted by Crippen LogP contribution is -2.44. The number of hydrazine groups is 1. The molecule has 0 fully saturated rings. The van der Waals surface area contributed by atoms with Gasteiger partial charge in [-0.15, -0.1) is 0 Å². The number of benzene rings is 1. The Morgan fingerprint density at radius 2 is 2.06 bits per heavy atom. The Morgan fingerprint density at radius 1 is 1.39 bits per heavy atom. The van der Waals surface area contributed by atoms with E-state index in [1.54, 1.807) is 0 Å². The molecule has 0 aromatic heterocycles. The van der Waals surface area contributed by atoms with Crippen LogP contribution < -0.4 is 16.3 Å². The van der Waals surface area contributed by atoms with Crippen LogP contribution in [0, 0.1) is 5.21 Å². The van der Waals surface area contributed by atoms with E-state index in [4.69, 9.17) is 5.73 Å². The van der Waals surface area contributed by atoms with E-state index in [1.807, 2.05) is 12.1 Å². The summed E-state index contributed by atoms with van der Waals surface area (Å²) in [5.74, 6) is 0.139. The van der Waals surface area contributed by atoms with Crippen molar-refractivity contribution in [2.75, 3.05) is 19.3 Å². The maximum atomic E-state index is 11.7. The Labute approximate surface area is 106 Å². The summed E-state index contributed by atoms with van der Waals surface area (Å²) < 4.78 is 0. The molecule has 1 aliphatic heterocycles. The average molecular weight is 246 g/mol. The van der Waals surface area contributed by atoms with E-state index in [0.29, 0.717) is 22.6 Å². The highest BCUT2D eigenvalue weighted by atomic mass is 16.5. The first kappa shape index (κ1) is 11.3. The molecular formula is C12H16N5O-. The highest BCUT2D eigenvalue weighted by molar-refractivity contribution is 5.89. The Kier molecular flexibility index (Phi) is 2.42. The van der Waals surface area contributed by atoms with Crippen LogP contribution in [0.2, 0.25) is 0 Å². The maximum absolute atomic E-state index is 11.7. The van der Waals surface area contributed by atoms with E-state index in [1.165, 1.54) is 11.1 Å². The molecule has 1 aromatic rings. The van der Waals surface area contributed by atoms with Gasteiger partial charge in [0.15, 0.2) is 0 Å². The number of nitrogens with two attached hydrogens (primary N) is 1. The van der Waals surface area contributed by atoms with Gasteiger partial charge in [0.05, 0.1) is 11.4 Å². The number of aliphatic imine (C=N–C) groups is 1. The zero-order valence-electron chi connectivity index (χ0n) is 10.5. The summed E-state index contributed by atoms with van der Waals surface area (Å²) in [6.07, 6.45) is 1.97. The van der Waals surface area contributed by atoms with Gasteiger partial charge in [-0.1, -0.05) is 0 Å². The third-order valence-corrected chi connectivity index (χ3v) is 3.61. The molecule has 6 nitrogen and oxygen atoms in total. The van der Waals surface area contributed by atoms with Crippen LogP contribution in [0.15, 0.2) is 17.1 Å². The van der Waals surface area contributed by atoms with Gasteiger partial charge in [0.2, 0.25) is 5.96 Å². The molecule has 1 aliphatic carbocycles. The fourth-order valence-electron chi connectivity index (χ4n) is 2.56. The highest BCUT2D eigenvalue weighted by Gasteiger charge is 2.25. The van der Waals surface area contributed by atoms with E-state index >= 15 is 0 Å². The van der Waals surface area contributed by atoms with Gasteiger partial charge < -0.3 is 21.0 Å². The number of hydrogen-bond acceptors (Lipinski definition) is 6. The summed E-state index contributed by atoms with van der Waals surface area (Å²) in [6, 6.07) is 4.40. The second-order valence-electron chi connectivity index (χ2n) is 5.04. The van der Waals surface area contributed by atoms with E-state index in [0.717, 1.165) is 12.8 Å². The van der Waals surface area contributed by atoms with E-state index in [-0.39, 0.29) is 5.96 Å². The standard InChI is InChI=1S/C12H16N5O/c1-16(2)9-3-7-5-10-11(6-8(7)4-9)17(18)15-12(13)14-10/h5-6,9H,3-4H2,1-2H3,(H3,13,14,15)/q-1. The van der Waals surface area contributed by atoms with E-state index < -0.39 is 0 Å². The van der Waals surface area contributed by atoms with Crippen LogP contribution in [-0.2, 0) is 12.8 Å². The summed E-state index contributed by atoms with van der Waals surface area (Å²) in [6.45, 7) is 0. The number of guanidine groups is 1. The molecule has 1 heterocycles. The number of likely N-dealkylation sites (N-methyl/N-ethyl adjacent to an activating group) is 1. The Balaban J connectivity index is 2.01. The third kappa shape index (κ3) is 1.70. The average Bonchev–Trinajstić information content (AvgIpc) is 2.69. The highest BCUT2D eigenvalue weighted by Crippen LogP contribution is 2.37. The topological polar surface area (TPSA) is 80.0 Å². The molecule has 3 N–H and O–H groups in total. The summed E-state index contributed by atoms with van der Waals surface area (Å²) in [5.41, 5.74) is 11.7. The van der Waals surface area contributed by atoms with Crippen LogP contribution in [0.1, 0.15) is 11.1 Å². The minimum Gasteiger partial charge on any atom is -0.739 e. The first-order chi connectivity index (χ1) is 8.54. The lowest BCUT2D eigenvalue weighted by atomic mass is 10.1. The molecule has 18 heavy (non-hydrogen) atoms. The summed E-state index contributed by atoms with van der Waals surface area (Å²) in [5, 5.41) is 12.4. The molecule has 96 valence electrons. The molecule has 6 heteroatoms. The zero-order valence-corrected chi connectivity index (χ0v) is 10.5. The maximum Gasteiger partial charge on any atom is 0.212 e. The summed E-state index contributed by atoms with van der Waals surface area (Å²) >= 11 is 0. The van der Waals surface area contributed by atoms with Gasteiger partial charge in [-0.05, 0) is 50.2 Å². The molecule has 0 saturated heterocycles. The minimum atomic E-state index is 0.139. The number of hydrogen-bond donors (Lipinski definition) is 2. The third-order valence-electron chi connectivity index (χ3n) is 3.61. The Hall–Kier alpha value is -1.79. The van der Waals surface area contributed by atoms with Crippen molar-refractivity contribution in [2.24, 2.45) is 10.7 Å². The summed E-state index contributed by atoms with van der Waals surface area (Å²) in [4.78, 5) is 6.38. The molecule has 0 amide bonds. The zero-order chi connectivity index (χ0) is 12.9. The minimum absolute atomic E-state index is 0.139. The van der Waals surface area contributed by atoms with E-state index in [2.05, 4.69) is 29.4 Å². The molecule has 2 aliphatic rings. The lowest BCUT2D eigenvalue weighted by Gasteiger charge is -2.35. The second-order valence-corrected chi connectivity index (χ2v) is 5.04. The monoisotopic (exact) mass is 246 g/mol. The van der Waals surface area contributed by atoms with Gasteiger partial charge in [0.25, 0.3) is 0 Å². The molecule has 0 radical (unpaired) electrons. The Bertz CT molecular complexity index is 525. The molecule has 0 saturated carbocycles. The van der Waals surface area contributed by atoms with Crippen molar-refractivity contribution >= 4 is 17.3 Å². The van der Waals surface area contributed by atoms with Crippen molar-refractivity contribution in [3.05, 3.63) is 28.5 Å². The number of rotatable bonds is 1. The first-order valence-electron chi connectivity index (χ1n) is 5.95. The molecule has 1 aromatic carbocycles. The number of fused-ring (bicyclic) bond motifs is 2. The molecule has 1 unspecified atom stereocenters. The van der Waals surface area contributed by atoms with Crippen molar-refractivity contribution in [1.29, 1.82) is 0 Å². The van der Waals surface area contributed by atoms with Gasteiger partial charge >= 0.3 is 0 Å². The van der Waals surface area contributed by atoms with Gasteiger partial charge in [0.1, 0.15) is 0 Å². The number of nitrogens with one attached hydrogen (secondary N) is 1. The lowest BCUT2D eigenvalue weighted by molar-refractivity contribution is 0.303. The number of anilines is 1. The van der Waals surface area contributed by atoms with Gasteiger partial charge in [-0.25, -0.2) is 4.99 Å². The molecule has 1 atom stereocenters. The molecular weight excluding hydrogens is 230 g/mol. The first-order valence-corrected chi connectivity index (χ1v) is 5.95. The van der Waals surface area contributed by atoms with Crippen molar-refractivity contribution in [3.63, 3.8) is 0 Å².